The quantitative estimate of drug-likeness (QED) is 0.673. The smallest absolute Gasteiger partial charge is 0.229 e. The molecule has 1 fully saturated rings. The van der Waals surface area contributed by atoms with Gasteiger partial charge in [-0.1, -0.05) is 6.07 Å². The van der Waals surface area contributed by atoms with E-state index < -0.39 is 0 Å². The predicted molar refractivity (Wildman–Crippen MR) is 114 cm³/mol. The Morgan fingerprint density at radius 2 is 1.90 bits per heavy atom. The normalized spacial score (nSPS) is 16.2. The monoisotopic (exact) mass is 405 g/mol. The van der Waals surface area contributed by atoms with Gasteiger partial charge in [0.1, 0.15) is 5.69 Å². The molecule has 1 aliphatic rings. The fourth-order valence-electron chi connectivity index (χ4n) is 3.57. The molecule has 0 spiro atoms. The van der Waals surface area contributed by atoms with Gasteiger partial charge in [0.25, 0.3) is 0 Å². The van der Waals surface area contributed by atoms with Crippen molar-refractivity contribution >= 4 is 29.0 Å². The van der Waals surface area contributed by atoms with Gasteiger partial charge in [0.05, 0.1) is 12.2 Å². The molecule has 3 heterocycles. The summed E-state index contributed by atoms with van der Waals surface area (Å²) >= 11 is 0. The summed E-state index contributed by atoms with van der Waals surface area (Å²) in [6.45, 7) is 2.86. The number of hydrogen-bond donors (Lipinski definition) is 2. The van der Waals surface area contributed by atoms with Crippen LogP contribution in [-0.2, 0) is 9.59 Å². The standard InChI is InChI=1S/C22H23N5O3/c1-15(28)23-17-6-2-7-18(13-17)24-22(29)16-5-3-11-27(14-16)21-10-9-19(25-26-21)20-8-4-12-30-20/h2,4,6-10,12-13,16H,3,5,11,14H2,1H3,(H,23,28)(H,24,29). The molecule has 1 unspecified atom stereocenters. The van der Waals surface area contributed by atoms with E-state index in [0.717, 1.165) is 25.2 Å². The van der Waals surface area contributed by atoms with Crippen LogP contribution in [0.2, 0.25) is 0 Å². The number of aromatic nitrogens is 2. The summed E-state index contributed by atoms with van der Waals surface area (Å²) in [6.07, 6.45) is 3.31. The van der Waals surface area contributed by atoms with E-state index >= 15 is 0 Å². The van der Waals surface area contributed by atoms with Gasteiger partial charge >= 0.3 is 0 Å². The Morgan fingerprint density at radius 1 is 1.07 bits per heavy atom. The molecule has 4 rings (SSSR count). The second kappa shape index (κ2) is 8.77. The third kappa shape index (κ3) is 4.65. The molecule has 2 aromatic heterocycles. The second-order valence-corrected chi connectivity index (χ2v) is 7.29. The van der Waals surface area contributed by atoms with Gasteiger partial charge in [-0.25, -0.2) is 0 Å². The van der Waals surface area contributed by atoms with Gasteiger partial charge in [-0.2, -0.15) is 0 Å². The number of carbonyl (C=O) groups excluding carboxylic acids is 2. The highest BCUT2D eigenvalue weighted by Crippen LogP contribution is 2.25. The summed E-state index contributed by atoms with van der Waals surface area (Å²) in [5, 5.41) is 14.2. The fraction of sp³-hybridized carbons (Fsp3) is 0.273. The van der Waals surface area contributed by atoms with Crippen LogP contribution in [0.15, 0.2) is 59.2 Å². The molecule has 0 aliphatic carbocycles. The van der Waals surface area contributed by atoms with E-state index in [4.69, 9.17) is 4.42 Å². The molecule has 30 heavy (non-hydrogen) atoms. The van der Waals surface area contributed by atoms with Crippen LogP contribution in [-0.4, -0.2) is 35.1 Å². The van der Waals surface area contributed by atoms with Crippen LogP contribution >= 0.6 is 0 Å². The predicted octanol–water partition coefficient (Wildman–Crippen LogP) is 3.55. The number of rotatable bonds is 5. The third-order valence-electron chi connectivity index (χ3n) is 4.99. The first-order valence-electron chi connectivity index (χ1n) is 9.89. The molecule has 2 amide bonds. The Balaban J connectivity index is 1.40. The number of amides is 2. The van der Waals surface area contributed by atoms with Gasteiger partial charge in [0, 0.05) is 31.4 Å². The first-order valence-corrected chi connectivity index (χ1v) is 9.89. The van der Waals surface area contributed by atoms with Crippen LogP contribution < -0.4 is 15.5 Å². The number of carbonyl (C=O) groups is 2. The molecule has 0 bridgehead atoms. The number of hydrogen-bond acceptors (Lipinski definition) is 6. The van der Waals surface area contributed by atoms with Crippen LogP contribution in [0.5, 0.6) is 0 Å². The molecule has 154 valence electrons. The molecule has 8 heteroatoms. The topological polar surface area (TPSA) is 100 Å². The summed E-state index contributed by atoms with van der Waals surface area (Å²) in [5.74, 6) is 1.07. The lowest BCUT2D eigenvalue weighted by atomic mass is 9.97. The average Bonchev–Trinajstić information content (AvgIpc) is 3.29. The molecule has 1 aliphatic heterocycles. The lowest BCUT2D eigenvalue weighted by Gasteiger charge is -2.32. The van der Waals surface area contributed by atoms with Gasteiger partial charge in [0.15, 0.2) is 11.6 Å². The van der Waals surface area contributed by atoms with Crippen molar-refractivity contribution in [2.24, 2.45) is 5.92 Å². The number of nitrogens with one attached hydrogen (secondary N) is 2. The van der Waals surface area contributed by atoms with Gasteiger partial charge in [-0.05, 0) is 55.3 Å². The van der Waals surface area contributed by atoms with E-state index in [1.807, 2.05) is 30.3 Å². The van der Waals surface area contributed by atoms with Crippen molar-refractivity contribution in [1.82, 2.24) is 10.2 Å². The van der Waals surface area contributed by atoms with E-state index in [2.05, 4.69) is 25.7 Å². The van der Waals surface area contributed by atoms with Crippen molar-refractivity contribution in [3.8, 4) is 11.5 Å². The highest BCUT2D eigenvalue weighted by atomic mass is 16.3. The molecule has 0 radical (unpaired) electrons. The van der Waals surface area contributed by atoms with Crippen molar-refractivity contribution in [3.63, 3.8) is 0 Å². The second-order valence-electron chi connectivity index (χ2n) is 7.29. The van der Waals surface area contributed by atoms with E-state index in [1.54, 1.807) is 24.5 Å². The average molecular weight is 405 g/mol. The van der Waals surface area contributed by atoms with Crippen LogP contribution in [0.25, 0.3) is 11.5 Å². The van der Waals surface area contributed by atoms with Crippen molar-refractivity contribution in [3.05, 3.63) is 54.8 Å². The Kier molecular flexibility index (Phi) is 5.74. The van der Waals surface area contributed by atoms with Crippen LogP contribution in [0.3, 0.4) is 0 Å². The molecular formula is C22H23N5O3. The summed E-state index contributed by atoms with van der Waals surface area (Å²) < 4.78 is 5.35. The molecule has 1 aromatic carbocycles. The number of anilines is 3. The zero-order chi connectivity index (χ0) is 20.9. The zero-order valence-electron chi connectivity index (χ0n) is 16.7. The molecule has 0 saturated carbocycles. The highest BCUT2D eigenvalue weighted by Gasteiger charge is 2.27. The van der Waals surface area contributed by atoms with Gasteiger partial charge < -0.3 is 20.0 Å². The largest absolute Gasteiger partial charge is 0.463 e. The van der Waals surface area contributed by atoms with E-state index in [0.29, 0.717) is 29.4 Å². The van der Waals surface area contributed by atoms with Crippen LogP contribution in [0, 0.1) is 5.92 Å². The zero-order valence-corrected chi connectivity index (χ0v) is 16.7. The SMILES string of the molecule is CC(=O)Nc1cccc(NC(=O)C2CCCN(c3ccc(-c4ccco4)nn3)C2)c1. The Hall–Kier alpha value is -3.68. The molecule has 3 aromatic rings. The van der Waals surface area contributed by atoms with Crippen molar-refractivity contribution in [1.29, 1.82) is 0 Å². The van der Waals surface area contributed by atoms with Crippen molar-refractivity contribution in [2.75, 3.05) is 28.6 Å². The lowest BCUT2D eigenvalue weighted by Crippen LogP contribution is -2.41. The minimum Gasteiger partial charge on any atom is -0.463 e. The number of piperidine rings is 1. The van der Waals surface area contributed by atoms with Gasteiger partial charge in [-0.15, -0.1) is 10.2 Å². The van der Waals surface area contributed by atoms with Crippen LogP contribution in [0.1, 0.15) is 19.8 Å². The Bertz CT molecular complexity index is 1020. The molecule has 2 N–H and O–H groups in total. The first-order chi connectivity index (χ1) is 14.6. The van der Waals surface area contributed by atoms with E-state index in [-0.39, 0.29) is 17.7 Å². The molecule has 1 atom stereocenters. The number of nitrogens with zero attached hydrogens (tertiary/aromatic N) is 3. The molecule has 8 nitrogen and oxygen atoms in total. The van der Waals surface area contributed by atoms with Crippen LogP contribution in [0.4, 0.5) is 17.2 Å². The maximum atomic E-state index is 12.8. The Morgan fingerprint density at radius 3 is 2.60 bits per heavy atom. The maximum Gasteiger partial charge on any atom is 0.229 e. The van der Waals surface area contributed by atoms with Crippen molar-refractivity contribution < 1.29 is 14.0 Å². The number of furan rings is 1. The maximum absolute atomic E-state index is 12.8. The molecular weight excluding hydrogens is 382 g/mol. The minimum absolute atomic E-state index is 0.0418. The van der Waals surface area contributed by atoms with E-state index in [9.17, 15) is 9.59 Å². The minimum atomic E-state index is -0.158. The Labute approximate surface area is 174 Å². The van der Waals surface area contributed by atoms with Gasteiger partial charge in [-0.3, -0.25) is 9.59 Å². The highest BCUT2D eigenvalue weighted by molar-refractivity contribution is 5.94. The summed E-state index contributed by atoms with van der Waals surface area (Å²) in [7, 11) is 0. The molecule has 1 saturated heterocycles. The van der Waals surface area contributed by atoms with Crippen molar-refractivity contribution in [2.45, 2.75) is 19.8 Å². The summed E-state index contributed by atoms with van der Waals surface area (Å²) in [4.78, 5) is 26.1. The number of benzene rings is 1. The fourth-order valence-corrected chi connectivity index (χ4v) is 3.57. The third-order valence-corrected chi connectivity index (χ3v) is 4.99. The van der Waals surface area contributed by atoms with E-state index in [1.165, 1.54) is 6.92 Å². The van der Waals surface area contributed by atoms with Gasteiger partial charge in [0.2, 0.25) is 11.8 Å². The summed E-state index contributed by atoms with van der Waals surface area (Å²) in [6, 6.07) is 14.6. The lowest BCUT2D eigenvalue weighted by molar-refractivity contribution is -0.120. The first kappa shape index (κ1) is 19.6. The summed E-state index contributed by atoms with van der Waals surface area (Å²) in [5.41, 5.74) is 1.98.